The average Bonchev–Trinajstić information content (AvgIpc) is 2.61. The summed E-state index contributed by atoms with van der Waals surface area (Å²) in [5, 5.41) is 21.6. The molecule has 14 N–H and O–H groups in total. The molecule has 174 valence electrons. The van der Waals surface area contributed by atoms with Crippen LogP contribution in [-0.2, 0) is 28.8 Å². The van der Waals surface area contributed by atoms with Crippen LogP contribution in [0.4, 0.5) is 0 Å². The highest BCUT2D eigenvalue weighted by Gasteiger charge is 2.53. The van der Waals surface area contributed by atoms with Crippen LogP contribution in [0.25, 0.3) is 0 Å². The van der Waals surface area contributed by atoms with Gasteiger partial charge in [0, 0.05) is 0 Å². The molecule has 0 saturated carbocycles. The van der Waals surface area contributed by atoms with E-state index in [9.17, 15) is 39.0 Å². The first-order valence-electron chi connectivity index (χ1n) is 8.88. The molecule has 0 radical (unpaired) electrons. The fourth-order valence-corrected chi connectivity index (χ4v) is 3.52. The number of nitrogens with two attached hydrogens (primary N) is 6. The molecule has 0 aromatic heterocycles. The first-order valence-corrected chi connectivity index (χ1v) is 8.88. The number of benzene rings is 1. The quantitative estimate of drug-likeness (QED) is 0.151. The van der Waals surface area contributed by atoms with Gasteiger partial charge in [-0.05, 0) is 11.1 Å². The van der Waals surface area contributed by atoms with Gasteiger partial charge < -0.3 is 44.6 Å². The molecule has 0 heterocycles. The van der Waals surface area contributed by atoms with E-state index in [1.807, 2.05) is 0 Å². The maximum Gasteiger partial charge on any atom is 0.251 e. The molecule has 1 aromatic rings. The summed E-state index contributed by atoms with van der Waals surface area (Å²) < 4.78 is 0. The van der Waals surface area contributed by atoms with Crippen molar-refractivity contribution < 1.29 is 39.0 Å². The largest absolute Gasteiger partial charge is 0.378 e. The van der Waals surface area contributed by atoms with Crippen LogP contribution in [0.3, 0.4) is 0 Å². The smallest absolute Gasteiger partial charge is 0.251 e. The second-order valence-electron chi connectivity index (χ2n) is 7.16. The third-order valence-electron chi connectivity index (χ3n) is 4.88. The number of amides is 6. The molecule has 0 aliphatic rings. The van der Waals surface area contributed by atoms with Crippen LogP contribution in [0, 0.1) is 0 Å². The Labute approximate surface area is 180 Å². The molecule has 0 spiro atoms. The molecular weight excluding hydrogens is 428 g/mol. The summed E-state index contributed by atoms with van der Waals surface area (Å²) in [5.74, 6) is -12.6. The zero-order valence-electron chi connectivity index (χ0n) is 16.7. The van der Waals surface area contributed by atoms with Crippen molar-refractivity contribution >= 4 is 35.4 Å². The number of carbonyl (C=O) groups excluding carboxylic acids is 6. The summed E-state index contributed by atoms with van der Waals surface area (Å²) >= 11 is 0. The second-order valence-corrected chi connectivity index (χ2v) is 7.16. The Kier molecular flexibility index (Phi) is 7.64. The van der Waals surface area contributed by atoms with E-state index >= 15 is 0 Å². The van der Waals surface area contributed by atoms with Crippen molar-refractivity contribution in [1.82, 2.24) is 0 Å². The summed E-state index contributed by atoms with van der Waals surface area (Å²) in [5.41, 5.74) is 24.5. The second kappa shape index (κ2) is 9.40. The number of rotatable bonds is 12. The highest BCUT2D eigenvalue weighted by Crippen LogP contribution is 2.40. The van der Waals surface area contributed by atoms with Gasteiger partial charge in [0.2, 0.25) is 23.6 Å². The Balaban J connectivity index is 3.97. The minimum atomic E-state index is -2.97. The zero-order chi connectivity index (χ0) is 25.0. The first-order chi connectivity index (χ1) is 14.6. The van der Waals surface area contributed by atoms with Crippen molar-refractivity contribution in [1.29, 1.82) is 0 Å². The Bertz CT molecular complexity index is 905. The molecule has 4 atom stereocenters. The molecule has 0 aliphatic heterocycles. The van der Waals surface area contributed by atoms with Gasteiger partial charge in [0.05, 0.1) is 12.8 Å². The Hall–Kier alpha value is -4.04. The van der Waals surface area contributed by atoms with E-state index in [0.29, 0.717) is 0 Å². The number of aliphatic hydroxyl groups is 2. The van der Waals surface area contributed by atoms with E-state index in [2.05, 4.69) is 0 Å². The van der Waals surface area contributed by atoms with Crippen LogP contribution in [0.2, 0.25) is 0 Å². The molecular formula is C18H24N6O8. The van der Waals surface area contributed by atoms with E-state index < -0.39 is 82.4 Å². The molecule has 14 nitrogen and oxygen atoms in total. The maximum absolute atomic E-state index is 12.3. The minimum absolute atomic E-state index is 0.421. The van der Waals surface area contributed by atoms with Crippen LogP contribution in [0.15, 0.2) is 24.3 Å². The van der Waals surface area contributed by atoms with Gasteiger partial charge in [0.15, 0.2) is 11.2 Å². The van der Waals surface area contributed by atoms with Crippen molar-refractivity contribution in [3.8, 4) is 0 Å². The molecule has 14 heteroatoms. The van der Waals surface area contributed by atoms with Gasteiger partial charge in [-0.15, -0.1) is 0 Å². The summed E-state index contributed by atoms with van der Waals surface area (Å²) in [7, 11) is 0. The van der Waals surface area contributed by atoms with Crippen molar-refractivity contribution in [2.24, 2.45) is 34.4 Å². The van der Waals surface area contributed by atoms with Crippen molar-refractivity contribution in [2.75, 3.05) is 0 Å². The Morgan fingerprint density at radius 3 is 1.12 bits per heavy atom. The van der Waals surface area contributed by atoms with E-state index in [-0.39, 0.29) is 0 Å². The molecule has 1 aromatic carbocycles. The van der Waals surface area contributed by atoms with Gasteiger partial charge in [-0.2, -0.15) is 0 Å². The summed E-state index contributed by atoms with van der Waals surface area (Å²) in [4.78, 5) is 71.5. The lowest BCUT2D eigenvalue weighted by atomic mass is 9.71. The molecule has 6 amide bonds. The summed E-state index contributed by atoms with van der Waals surface area (Å²) in [6.45, 7) is 0. The van der Waals surface area contributed by atoms with Crippen LogP contribution in [0.1, 0.15) is 35.8 Å². The number of hydrogen-bond acceptors (Lipinski definition) is 8. The van der Waals surface area contributed by atoms with Crippen LogP contribution >= 0.6 is 0 Å². The average molecular weight is 452 g/mol. The van der Waals surface area contributed by atoms with Crippen LogP contribution in [0.5, 0.6) is 0 Å². The summed E-state index contributed by atoms with van der Waals surface area (Å²) in [6, 6.07) is 4.72. The van der Waals surface area contributed by atoms with E-state index in [0.717, 1.165) is 12.1 Å². The van der Waals surface area contributed by atoms with Crippen molar-refractivity contribution in [3.05, 3.63) is 35.4 Å². The van der Waals surface area contributed by atoms with Gasteiger partial charge in [0.25, 0.3) is 11.8 Å². The number of carbonyl (C=O) groups is 6. The lowest BCUT2D eigenvalue weighted by Crippen LogP contribution is -2.57. The number of hydrogen-bond donors (Lipinski definition) is 8. The van der Waals surface area contributed by atoms with Crippen molar-refractivity contribution in [2.45, 2.75) is 35.9 Å². The minimum Gasteiger partial charge on any atom is -0.378 e. The molecule has 1 rings (SSSR count). The molecule has 0 bridgehead atoms. The van der Waals surface area contributed by atoms with E-state index in [4.69, 9.17) is 34.4 Å². The molecule has 32 heavy (non-hydrogen) atoms. The molecule has 0 fully saturated rings. The third kappa shape index (κ3) is 4.98. The fraction of sp³-hybridized carbons (Fsp3) is 0.333. The highest BCUT2D eigenvalue weighted by atomic mass is 16.3. The SMILES string of the molecule is NC(=O)CC(O)(C(N)=O)C(C(N)=O)c1ccccc1C(C(N)=O)C(O)(CC(N)=O)C(N)=O. The maximum atomic E-state index is 12.3. The van der Waals surface area contributed by atoms with E-state index in [1.165, 1.54) is 12.1 Å². The zero-order valence-corrected chi connectivity index (χ0v) is 16.7. The standard InChI is InChI=1S/C18H24N6O8/c19-9(25)5-17(31,15(23)29)11(13(21)27)7-3-1-2-4-8(7)12(14(22)28)18(32,16(24)30)6-10(20)26/h1-4,11-12,31-32H,5-6H2,(H2,19,25)(H2,20,26)(H2,21,27)(H2,22,28)(H2,23,29)(H2,24,30). The Morgan fingerprint density at radius 1 is 0.656 bits per heavy atom. The van der Waals surface area contributed by atoms with Crippen molar-refractivity contribution in [3.63, 3.8) is 0 Å². The van der Waals surface area contributed by atoms with Gasteiger partial charge in [-0.25, -0.2) is 0 Å². The van der Waals surface area contributed by atoms with E-state index in [1.54, 1.807) is 0 Å². The lowest BCUT2D eigenvalue weighted by molar-refractivity contribution is -0.149. The van der Waals surface area contributed by atoms with Crippen LogP contribution < -0.4 is 34.4 Å². The number of primary amides is 6. The van der Waals surface area contributed by atoms with Gasteiger partial charge >= 0.3 is 0 Å². The Morgan fingerprint density at radius 2 is 0.938 bits per heavy atom. The topological polar surface area (TPSA) is 299 Å². The highest BCUT2D eigenvalue weighted by molar-refractivity contribution is 6.00. The van der Waals surface area contributed by atoms with Gasteiger partial charge in [-0.1, -0.05) is 24.3 Å². The summed E-state index contributed by atoms with van der Waals surface area (Å²) in [6.07, 6.45) is -2.29. The predicted molar refractivity (Wildman–Crippen MR) is 106 cm³/mol. The monoisotopic (exact) mass is 452 g/mol. The molecule has 0 saturated heterocycles. The normalized spacial score (nSPS) is 16.6. The molecule has 0 aliphatic carbocycles. The van der Waals surface area contributed by atoms with Crippen LogP contribution in [-0.4, -0.2) is 56.9 Å². The van der Waals surface area contributed by atoms with Gasteiger partial charge in [0.1, 0.15) is 11.8 Å². The predicted octanol–water partition coefficient (Wildman–Crippen LogP) is -4.99. The fourth-order valence-electron chi connectivity index (χ4n) is 3.52. The molecule has 4 unspecified atom stereocenters. The third-order valence-corrected chi connectivity index (χ3v) is 4.88. The lowest BCUT2D eigenvalue weighted by Gasteiger charge is -2.36. The first kappa shape index (κ1) is 26.0. The van der Waals surface area contributed by atoms with Gasteiger partial charge in [-0.3, -0.25) is 28.8 Å².